The molecule has 0 saturated heterocycles. The maximum atomic E-state index is 12.8. The number of carbonyl (C=O) groups excluding carboxylic acids is 3. The van der Waals surface area contributed by atoms with Crippen molar-refractivity contribution in [2.24, 2.45) is 5.92 Å². The number of carbonyl (C=O) groups is 3. The van der Waals surface area contributed by atoms with Gasteiger partial charge in [-0.1, -0.05) is 102 Å². The molecule has 2 saturated carbocycles. The summed E-state index contributed by atoms with van der Waals surface area (Å²) in [6.45, 7) is 12.8. The second kappa shape index (κ2) is 17.7. The predicted octanol–water partition coefficient (Wildman–Crippen LogP) is 7.71. The Hall–Kier alpha value is -2.76. The molecule has 206 valence electrons. The van der Waals surface area contributed by atoms with Gasteiger partial charge in [0, 0.05) is 12.1 Å². The fraction of sp³-hybridized carbons (Fsp3) is 0.613. The smallest absolute Gasteiger partial charge is 0.275 e. The summed E-state index contributed by atoms with van der Waals surface area (Å²) in [4.78, 5) is 34.2. The number of aldehydes is 2. The molecule has 1 heterocycles. The van der Waals surface area contributed by atoms with Crippen LogP contribution in [-0.4, -0.2) is 39.1 Å². The second-order valence-electron chi connectivity index (χ2n) is 10.6. The fourth-order valence-corrected chi connectivity index (χ4v) is 4.14. The molecule has 0 unspecified atom stereocenters. The van der Waals surface area contributed by atoms with E-state index in [4.69, 9.17) is 4.79 Å². The van der Waals surface area contributed by atoms with Crippen LogP contribution in [-0.2, 0) is 11.3 Å². The van der Waals surface area contributed by atoms with Crippen molar-refractivity contribution in [3.05, 3.63) is 52.8 Å². The Labute approximate surface area is 224 Å². The molecule has 0 radical (unpaired) electrons. The first-order valence-electron chi connectivity index (χ1n) is 14.0. The molecule has 6 heteroatoms. The molecule has 1 amide bonds. The van der Waals surface area contributed by atoms with Crippen LogP contribution in [0.4, 0.5) is 0 Å². The van der Waals surface area contributed by atoms with Gasteiger partial charge in [-0.15, -0.1) is 0 Å². The zero-order chi connectivity index (χ0) is 27.7. The molecular weight excluding hydrogens is 462 g/mol. The van der Waals surface area contributed by atoms with Crippen LogP contribution in [0.3, 0.4) is 0 Å². The van der Waals surface area contributed by atoms with E-state index in [1.807, 2.05) is 36.1 Å². The van der Waals surface area contributed by atoms with Crippen molar-refractivity contribution in [2.75, 3.05) is 0 Å². The third-order valence-electron chi connectivity index (χ3n) is 6.67. The van der Waals surface area contributed by atoms with E-state index in [1.54, 1.807) is 0 Å². The van der Waals surface area contributed by atoms with Gasteiger partial charge in [0.2, 0.25) is 0 Å². The largest absolute Gasteiger partial charge is 0.328 e. The predicted molar refractivity (Wildman–Crippen MR) is 152 cm³/mol. The highest BCUT2D eigenvalue weighted by Crippen LogP contribution is 2.42. The summed E-state index contributed by atoms with van der Waals surface area (Å²) in [7, 11) is 0. The highest BCUT2D eigenvalue weighted by Gasteiger charge is 2.46. The van der Waals surface area contributed by atoms with Crippen molar-refractivity contribution in [1.29, 1.82) is 0 Å². The standard InChI is InChI=1S/C17H19N3O2.C9H18.C3H8.C2H4O/c1-12-3-5-13(6-4-12)10-20(17(2)7-8-17)16(22)15-9-14(11-21)18-19-15;1-9-7-5-3-2-4-6-8-9;1-3-2;1-2-3/h3-6,9,11H,7-8,10H2,1-2H3,(H,18,19);9H,2-8H2,1H3;3H2,1-2H3;2H,1H3. The number of nitrogens with one attached hydrogen (secondary N) is 1. The van der Waals surface area contributed by atoms with E-state index < -0.39 is 0 Å². The summed E-state index contributed by atoms with van der Waals surface area (Å²) in [5, 5.41) is 6.53. The number of hydrogen-bond donors (Lipinski definition) is 1. The molecule has 2 aliphatic carbocycles. The van der Waals surface area contributed by atoms with E-state index in [0.29, 0.717) is 24.2 Å². The SMILES string of the molecule is CC1CCCCCCC1.CC=O.CCC.Cc1ccc(CN(C(=O)c2cc(C=O)[nH]n2)C2(C)CC2)cc1. The van der Waals surface area contributed by atoms with E-state index in [2.05, 4.69) is 37.9 Å². The van der Waals surface area contributed by atoms with Crippen LogP contribution in [0.1, 0.15) is 131 Å². The molecular formula is C31H49N3O3. The van der Waals surface area contributed by atoms with Gasteiger partial charge in [-0.3, -0.25) is 14.7 Å². The first kappa shape index (κ1) is 32.3. The number of amides is 1. The van der Waals surface area contributed by atoms with Crippen LogP contribution in [0.5, 0.6) is 0 Å². The molecule has 1 aromatic carbocycles. The third kappa shape index (κ3) is 12.4. The molecule has 0 spiro atoms. The zero-order valence-corrected chi connectivity index (χ0v) is 24.0. The normalized spacial score (nSPS) is 16.1. The topological polar surface area (TPSA) is 83.1 Å². The molecule has 0 bridgehead atoms. The monoisotopic (exact) mass is 511 g/mol. The number of nitrogens with zero attached hydrogens (tertiary/aromatic N) is 2. The number of aromatic nitrogens is 2. The van der Waals surface area contributed by atoms with Crippen molar-refractivity contribution in [1.82, 2.24) is 15.1 Å². The second-order valence-corrected chi connectivity index (χ2v) is 10.6. The molecule has 1 aromatic heterocycles. The van der Waals surface area contributed by atoms with Crippen molar-refractivity contribution < 1.29 is 14.4 Å². The summed E-state index contributed by atoms with van der Waals surface area (Å²) in [6.07, 6.45) is 15.1. The van der Waals surface area contributed by atoms with E-state index >= 15 is 0 Å². The minimum absolute atomic E-state index is 0.109. The molecule has 37 heavy (non-hydrogen) atoms. The minimum Gasteiger partial charge on any atom is -0.328 e. The molecule has 2 aliphatic rings. The quantitative estimate of drug-likeness (QED) is 0.417. The Morgan fingerprint density at radius 3 is 2.03 bits per heavy atom. The average Bonchev–Trinajstić information content (AvgIpc) is 3.42. The van der Waals surface area contributed by atoms with Crippen LogP contribution in [0, 0.1) is 12.8 Å². The Morgan fingerprint density at radius 2 is 1.57 bits per heavy atom. The highest BCUT2D eigenvalue weighted by molar-refractivity contribution is 5.94. The van der Waals surface area contributed by atoms with Crippen LogP contribution in [0.15, 0.2) is 30.3 Å². The number of benzene rings is 1. The van der Waals surface area contributed by atoms with Gasteiger partial charge in [-0.2, -0.15) is 5.10 Å². The molecule has 2 fully saturated rings. The van der Waals surface area contributed by atoms with E-state index in [9.17, 15) is 9.59 Å². The van der Waals surface area contributed by atoms with Crippen molar-refractivity contribution in [3.63, 3.8) is 0 Å². The number of hydrogen-bond acceptors (Lipinski definition) is 4. The maximum absolute atomic E-state index is 12.8. The van der Waals surface area contributed by atoms with E-state index in [0.717, 1.165) is 30.6 Å². The fourth-order valence-electron chi connectivity index (χ4n) is 4.14. The van der Waals surface area contributed by atoms with Gasteiger partial charge in [0.05, 0.1) is 5.69 Å². The van der Waals surface area contributed by atoms with Gasteiger partial charge in [-0.25, -0.2) is 0 Å². The maximum Gasteiger partial charge on any atom is 0.275 e. The molecule has 0 atom stereocenters. The Kier molecular flexibility index (Phi) is 15.4. The van der Waals surface area contributed by atoms with Gasteiger partial charge in [0.1, 0.15) is 6.29 Å². The third-order valence-corrected chi connectivity index (χ3v) is 6.67. The van der Waals surface area contributed by atoms with Crippen LogP contribution < -0.4 is 0 Å². The summed E-state index contributed by atoms with van der Waals surface area (Å²) in [5.74, 6) is 0.884. The van der Waals surface area contributed by atoms with Crippen LogP contribution >= 0.6 is 0 Å². The molecule has 2 aromatic rings. The number of aryl methyl sites for hydroxylation is 1. The highest BCUT2D eigenvalue weighted by atomic mass is 16.2. The Balaban J connectivity index is 0.000000377. The van der Waals surface area contributed by atoms with E-state index in [1.165, 1.54) is 69.9 Å². The first-order valence-corrected chi connectivity index (χ1v) is 14.0. The summed E-state index contributed by atoms with van der Waals surface area (Å²) in [5.41, 5.74) is 2.80. The lowest BCUT2D eigenvalue weighted by Gasteiger charge is -2.29. The first-order chi connectivity index (χ1) is 17.7. The lowest BCUT2D eigenvalue weighted by atomic mass is 9.93. The van der Waals surface area contributed by atoms with Gasteiger partial charge in [0.25, 0.3) is 5.91 Å². The van der Waals surface area contributed by atoms with Crippen molar-refractivity contribution in [3.8, 4) is 0 Å². The summed E-state index contributed by atoms with van der Waals surface area (Å²) < 4.78 is 0. The van der Waals surface area contributed by atoms with Gasteiger partial charge < -0.3 is 9.69 Å². The van der Waals surface area contributed by atoms with Gasteiger partial charge >= 0.3 is 0 Å². The lowest BCUT2D eigenvalue weighted by Crippen LogP contribution is -2.40. The molecule has 6 nitrogen and oxygen atoms in total. The van der Waals surface area contributed by atoms with Crippen molar-refractivity contribution in [2.45, 2.75) is 118 Å². The lowest BCUT2D eigenvalue weighted by molar-refractivity contribution is -0.106. The van der Waals surface area contributed by atoms with Crippen LogP contribution in [0.2, 0.25) is 0 Å². The molecule has 1 N–H and O–H groups in total. The number of H-pyrrole nitrogens is 1. The van der Waals surface area contributed by atoms with Crippen LogP contribution in [0.25, 0.3) is 0 Å². The van der Waals surface area contributed by atoms with E-state index in [-0.39, 0.29) is 11.4 Å². The number of aromatic amines is 1. The van der Waals surface area contributed by atoms with Crippen molar-refractivity contribution >= 4 is 18.5 Å². The molecule has 0 aliphatic heterocycles. The Morgan fingerprint density at radius 1 is 1.05 bits per heavy atom. The average molecular weight is 512 g/mol. The summed E-state index contributed by atoms with van der Waals surface area (Å²) in [6, 6.07) is 9.69. The number of rotatable bonds is 5. The Bertz CT molecular complexity index is 908. The molecule has 4 rings (SSSR count). The minimum atomic E-state index is -0.134. The van der Waals surface area contributed by atoms with Gasteiger partial charge in [-0.05, 0) is 51.2 Å². The van der Waals surface area contributed by atoms with Gasteiger partial charge in [0.15, 0.2) is 12.0 Å². The zero-order valence-electron chi connectivity index (χ0n) is 24.0. The summed E-state index contributed by atoms with van der Waals surface area (Å²) >= 11 is 0.